The van der Waals surface area contributed by atoms with Gasteiger partial charge in [0.25, 0.3) is 0 Å². The summed E-state index contributed by atoms with van der Waals surface area (Å²) in [6.45, 7) is 10.8. The molecular weight excluding hydrogens is 196 g/mol. The largest absolute Gasteiger partial charge is 0.299 e. The van der Waals surface area contributed by atoms with E-state index in [1.54, 1.807) is 0 Å². The van der Waals surface area contributed by atoms with Crippen LogP contribution in [-0.2, 0) is 4.79 Å². The first-order valence-corrected chi connectivity index (χ1v) is 6.28. The van der Waals surface area contributed by atoms with Crippen LogP contribution >= 0.6 is 0 Å². The van der Waals surface area contributed by atoms with Crippen molar-refractivity contribution in [3.05, 3.63) is 24.3 Å². The third kappa shape index (κ3) is 1.49. The fourth-order valence-corrected chi connectivity index (χ4v) is 3.34. The molecule has 1 heteroatoms. The van der Waals surface area contributed by atoms with E-state index in [9.17, 15) is 4.79 Å². The highest BCUT2D eigenvalue weighted by Crippen LogP contribution is 2.57. The van der Waals surface area contributed by atoms with Gasteiger partial charge in [-0.3, -0.25) is 4.79 Å². The Kier molecular flexibility index (Phi) is 2.60. The Morgan fingerprint density at radius 2 is 2.12 bits per heavy atom. The molecule has 1 spiro atoms. The minimum Gasteiger partial charge on any atom is -0.299 e. The van der Waals surface area contributed by atoms with E-state index in [4.69, 9.17) is 0 Å². The molecule has 0 heterocycles. The van der Waals surface area contributed by atoms with Gasteiger partial charge in [-0.15, -0.1) is 0 Å². The lowest BCUT2D eigenvalue weighted by atomic mass is 9.52. The average molecular weight is 218 g/mol. The van der Waals surface area contributed by atoms with E-state index in [-0.39, 0.29) is 16.7 Å². The van der Waals surface area contributed by atoms with Crippen molar-refractivity contribution in [3.63, 3.8) is 0 Å². The maximum atomic E-state index is 12.0. The summed E-state index contributed by atoms with van der Waals surface area (Å²) in [7, 11) is 0. The van der Waals surface area contributed by atoms with Crippen LogP contribution in [0.5, 0.6) is 0 Å². The smallest absolute Gasteiger partial charge is 0.136 e. The van der Waals surface area contributed by atoms with Crippen LogP contribution in [0.25, 0.3) is 0 Å². The number of ketones is 1. The van der Waals surface area contributed by atoms with Gasteiger partial charge in [-0.1, -0.05) is 45.1 Å². The predicted octanol–water partition coefficient (Wildman–Crippen LogP) is 3.90. The zero-order chi connectivity index (χ0) is 12.0. The van der Waals surface area contributed by atoms with Crippen LogP contribution in [-0.4, -0.2) is 5.78 Å². The highest BCUT2D eigenvalue weighted by Gasteiger charge is 2.50. The van der Waals surface area contributed by atoms with Gasteiger partial charge in [0.15, 0.2) is 0 Å². The van der Waals surface area contributed by atoms with Crippen molar-refractivity contribution in [3.8, 4) is 0 Å². The van der Waals surface area contributed by atoms with E-state index in [1.165, 1.54) is 5.57 Å². The van der Waals surface area contributed by atoms with Crippen LogP contribution < -0.4 is 0 Å². The van der Waals surface area contributed by atoms with Crippen molar-refractivity contribution in [2.75, 3.05) is 0 Å². The zero-order valence-corrected chi connectivity index (χ0v) is 10.7. The molecule has 0 unspecified atom stereocenters. The molecule has 16 heavy (non-hydrogen) atoms. The average Bonchev–Trinajstić information content (AvgIpc) is 2.19. The van der Waals surface area contributed by atoms with Crippen LogP contribution in [0.3, 0.4) is 0 Å². The van der Waals surface area contributed by atoms with E-state index >= 15 is 0 Å². The maximum absolute atomic E-state index is 12.0. The second kappa shape index (κ2) is 3.58. The van der Waals surface area contributed by atoms with Crippen molar-refractivity contribution >= 4 is 5.78 Å². The Bertz CT molecular complexity index is 362. The van der Waals surface area contributed by atoms with E-state index < -0.39 is 0 Å². The Hall–Kier alpha value is -0.850. The molecule has 0 bridgehead atoms. The van der Waals surface area contributed by atoms with E-state index in [0.717, 1.165) is 19.3 Å². The van der Waals surface area contributed by atoms with Gasteiger partial charge >= 0.3 is 0 Å². The number of carbonyl (C=O) groups excluding carboxylic acids is 1. The molecule has 88 valence electrons. The minimum absolute atomic E-state index is 0.0331. The number of rotatable bonds is 0. The van der Waals surface area contributed by atoms with Crippen LogP contribution in [0.2, 0.25) is 0 Å². The molecule has 1 saturated carbocycles. The summed E-state index contributed by atoms with van der Waals surface area (Å²) in [5.41, 5.74) is 1.38. The first kappa shape index (κ1) is 11.6. The number of Topliss-reactive ketones (excluding diaryl/α,β-unsaturated/α-hetero) is 1. The fraction of sp³-hybridized carbons (Fsp3) is 0.667. The molecule has 0 aromatic rings. The summed E-state index contributed by atoms with van der Waals surface area (Å²) >= 11 is 0. The molecule has 0 aliphatic heterocycles. The lowest BCUT2D eigenvalue weighted by Crippen LogP contribution is -2.45. The van der Waals surface area contributed by atoms with Gasteiger partial charge < -0.3 is 0 Å². The third-order valence-electron chi connectivity index (χ3n) is 4.84. The first-order valence-electron chi connectivity index (χ1n) is 6.28. The quantitative estimate of drug-likeness (QED) is 0.563. The molecule has 2 atom stereocenters. The molecule has 2 aliphatic rings. The van der Waals surface area contributed by atoms with E-state index in [2.05, 4.69) is 39.5 Å². The van der Waals surface area contributed by atoms with Gasteiger partial charge in [-0.25, -0.2) is 0 Å². The molecular formula is C15H22O. The molecule has 2 aliphatic carbocycles. The van der Waals surface area contributed by atoms with E-state index in [0.29, 0.717) is 12.2 Å². The number of carbonyl (C=O) groups is 1. The molecule has 0 N–H and O–H groups in total. The topological polar surface area (TPSA) is 17.1 Å². The summed E-state index contributed by atoms with van der Waals surface area (Å²) in [4.78, 5) is 12.0. The fourth-order valence-electron chi connectivity index (χ4n) is 3.34. The van der Waals surface area contributed by atoms with Crippen molar-refractivity contribution in [1.29, 1.82) is 0 Å². The normalized spacial score (nSPS) is 38.1. The minimum atomic E-state index is 0.0331. The Balaban J connectivity index is 2.39. The molecule has 0 aromatic carbocycles. The predicted molar refractivity (Wildman–Crippen MR) is 67.1 cm³/mol. The van der Waals surface area contributed by atoms with Gasteiger partial charge in [0.1, 0.15) is 5.78 Å². The molecule has 1 fully saturated rings. The lowest BCUT2D eigenvalue weighted by Gasteiger charge is -2.52. The molecule has 1 nitrogen and oxygen atoms in total. The standard InChI is InChI=1S/C15H22O/c1-11-7-9-15(10-13(11)16)12(2)6-5-8-14(15,3)4/h5,8,11H,2,6-7,9-10H2,1,3-4H3/t11-,15-/m1/s1. The van der Waals surface area contributed by atoms with E-state index in [1.807, 2.05) is 0 Å². The molecule has 0 amide bonds. The van der Waals surface area contributed by atoms with Crippen molar-refractivity contribution in [2.45, 2.75) is 46.5 Å². The molecule has 0 radical (unpaired) electrons. The first-order chi connectivity index (χ1) is 7.39. The van der Waals surface area contributed by atoms with Crippen molar-refractivity contribution < 1.29 is 4.79 Å². The molecule has 0 saturated heterocycles. The number of hydrogen-bond donors (Lipinski definition) is 0. The molecule has 0 aromatic heterocycles. The second-order valence-electron chi connectivity index (χ2n) is 6.10. The summed E-state index contributed by atoms with van der Waals surface area (Å²) in [5.74, 6) is 0.677. The van der Waals surface area contributed by atoms with Gasteiger partial charge in [0, 0.05) is 17.8 Å². The summed E-state index contributed by atoms with van der Waals surface area (Å²) in [6.07, 6.45) is 8.28. The van der Waals surface area contributed by atoms with Gasteiger partial charge in [0.2, 0.25) is 0 Å². The summed E-state index contributed by atoms with van der Waals surface area (Å²) in [5, 5.41) is 0. The highest BCUT2D eigenvalue weighted by molar-refractivity contribution is 5.83. The SMILES string of the molecule is C=C1CC=CC(C)(C)[C@@]12CC[C@@H](C)C(=O)C2. The Morgan fingerprint density at radius 3 is 2.69 bits per heavy atom. The van der Waals surface area contributed by atoms with Gasteiger partial charge in [-0.05, 0) is 24.7 Å². The van der Waals surface area contributed by atoms with Crippen LogP contribution in [0.4, 0.5) is 0 Å². The Morgan fingerprint density at radius 1 is 1.44 bits per heavy atom. The van der Waals surface area contributed by atoms with Crippen LogP contribution in [0.1, 0.15) is 46.5 Å². The number of allylic oxidation sites excluding steroid dienone is 3. The molecule has 2 rings (SSSR count). The maximum Gasteiger partial charge on any atom is 0.136 e. The summed E-state index contributed by atoms with van der Waals surface area (Å²) in [6, 6.07) is 0. The van der Waals surface area contributed by atoms with Crippen molar-refractivity contribution in [1.82, 2.24) is 0 Å². The summed E-state index contributed by atoms with van der Waals surface area (Å²) < 4.78 is 0. The van der Waals surface area contributed by atoms with Gasteiger partial charge in [0.05, 0.1) is 0 Å². The van der Waals surface area contributed by atoms with Gasteiger partial charge in [-0.2, -0.15) is 0 Å². The van der Waals surface area contributed by atoms with Crippen LogP contribution in [0.15, 0.2) is 24.3 Å². The zero-order valence-electron chi connectivity index (χ0n) is 10.7. The van der Waals surface area contributed by atoms with Crippen molar-refractivity contribution in [2.24, 2.45) is 16.7 Å². The monoisotopic (exact) mass is 218 g/mol. The number of hydrogen-bond acceptors (Lipinski definition) is 1. The lowest BCUT2D eigenvalue weighted by molar-refractivity contribution is -0.129. The second-order valence-corrected chi connectivity index (χ2v) is 6.10. The van der Waals surface area contributed by atoms with Crippen LogP contribution in [0, 0.1) is 16.7 Å². The third-order valence-corrected chi connectivity index (χ3v) is 4.84. The highest BCUT2D eigenvalue weighted by atomic mass is 16.1. The Labute approximate surface area is 98.6 Å².